The fourth-order valence-corrected chi connectivity index (χ4v) is 0.845. The summed E-state index contributed by atoms with van der Waals surface area (Å²) >= 11 is 0. The van der Waals surface area contributed by atoms with Gasteiger partial charge in [0.15, 0.2) is 6.04 Å². The van der Waals surface area contributed by atoms with Gasteiger partial charge in [-0.2, -0.15) is 0 Å². The molecule has 3 nitrogen and oxygen atoms in total. The highest BCUT2D eigenvalue weighted by molar-refractivity contribution is 5.39. The molecule has 3 heteroatoms. The summed E-state index contributed by atoms with van der Waals surface area (Å²) in [7, 11) is 0. The first-order chi connectivity index (χ1) is 3.64. The Balaban J connectivity index is 2.42. The van der Waals surface area contributed by atoms with E-state index in [1.807, 2.05) is 13.8 Å². The van der Waals surface area contributed by atoms with Gasteiger partial charge >= 0.3 is 0 Å². The molecule has 0 saturated carbocycles. The molecule has 8 heavy (non-hydrogen) atoms. The van der Waals surface area contributed by atoms with Gasteiger partial charge in [-0.1, -0.05) is 0 Å². The molecule has 0 bridgehead atoms. The third-order valence-electron chi connectivity index (χ3n) is 1.65. The quantitative estimate of drug-likeness (QED) is 0.356. The van der Waals surface area contributed by atoms with Crippen molar-refractivity contribution in [3.8, 4) is 0 Å². The average Bonchev–Trinajstić information content (AvgIpc) is 2.15. The summed E-state index contributed by atoms with van der Waals surface area (Å²) in [5.74, 6) is 0. The highest BCUT2D eigenvalue weighted by Crippen LogP contribution is 2.26. The van der Waals surface area contributed by atoms with Crippen molar-refractivity contribution in [2.45, 2.75) is 19.9 Å². The molecule has 46 valence electrons. The Kier molecular flexibility index (Phi) is 1.11. The summed E-state index contributed by atoms with van der Waals surface area (Å²) in [6.45, 7) is 3.71. The van der Waals surface area contributed by atoms with Gasteiger partial charge in [-0.3, -0.25) is 0 Å². The van der Waals surface area contributed by atoms with E-state index in [9.17, 15) is 5.21 Å². The van der Waals surface area contributed by atoms with E-state index < -0.39 is 5.23 Å². The smallest absolute Gasteiger partial charge is 0.160 e. The molecule has 0 aromatic heterocycles. The molecule has 0 spiro atoms. The normalized spacial score (nSPS) is 24.0. The molecular weight excluding hydrogens is 106 g/mol. The summed E-state index contributed by atoms with van der Waals surface area (Å²) < 4.78 is 0. The lowest BCUT2D eigenvalue weighted by Gasteiger charge is -2.11. The van der Waals surface area contributed by atoms with Gasteiger partial charge in [0.2, 0.25) is 0 Å². The van der Waals surface area contributed by atoms with Crippen LogP contribution in [-0.2, 0) is 0 Å². The lowest BCUT2D eigenvalue weighted by atomic mass is 10.5. The number of hydroxylamine groups is 2. The van der Waals surface area contributed by atoms with Crippen LogP contribution in [0.2, 0.25) is 0 Å². The van der Waals surface area contributed by atoms with Crippen LogP contribution in [0.25, 0.3) is 0 Å². The maximum Gasteiger partial charge on any atom is 0.160 e. The predicted octanol–water partition coefficient (Wildman–Crippen LogP) is -0.523. The zero-order chi connectivity index (χ0) is 6.31. The van der Waals surface area contributed by atoms with Gasteiger partial charge in [0.1, 0.15) is 0 Å². The maximum absolute atomic E-state index is 10.1. The van der Waals surface area contributed by atoms with Crippen LogP contribution < -0.4 is 5.23 Å². The van der Waals surface area contributed by atoms with Crippen LogP contribution in [0.3, 0.4) is 0 Å². The van der Waals surface area contributed by atoms with Crippen molar-refractivity contribution < 1.29 is 10.4 Å². The van der Waals surface area contributed by atoms with E-state index in [-0.39, 0.29) is 6.04 Å². The second-order valence-electron chi connectivity index (χ2n) is 2.14. The summed E-state index contributed by atoms with van der Waals surface area (Å²) in [5.41, 5.74) is 2.05. The molecule has 1 atom stereocenters. The highest BCUT2D eigenvalue weighted by Gasteiger charge is 2.35. The van der Waals surface area contributed by atoms with Crippen LogP contribution in [0, 0.1) is 5.21 Å². The minimum absolute atomic E-state index is 0.213. The van der Waals surface area contributed by atoms with Gasteiger partial charge in [0, 0.05) is 0 Å². The molecule has 0 saturated heterocycles. The Labute approximate surface area is 47.8 Å². The Morgan fingerprint density at radius 3 is 1.88 bits per heavy atom. The topological polar surface area (TPSA) is 47.7 Å². The maximum atomic E-state index is 10.1. The summed E-state index contributed by atoms with van der Waals surface area (Å²) in [6.07, 6.45) is 0. The molecule has 1 aliphatic rings. The molecule has 1 rings (SSSR count). The molecule has 0 aromatic rings. The van der Waals surface area contributed by atoms with Crippen LogP contribution in [0.1, 0.15) is 13.8 Å². The number of rotatable bonds is 1. The summed E-state index contributed by atoms with van der Waals surface area (Å²) in [4.78, 5) is 0. The van der Waals surface area contributed by atoms with Crippen LogP contribution in [0.4, 0.5) is 0 Å². The van der Waals surface area contributed by atoms with Crippen molar-refractivity contribution in [3.63, 3.8) is 0 Å². The van der Waals surface area contributed by atoms with Gasteiger partial charge in [0.05, 0.1) is 0 Å². The van der Waals surface area contributed by atoms with E-state index in [2.05, 4.69) is 0 Å². The van der Waals surface area contributed by atoms with Gasteiger partial charge in [-0.05, 0) is 25.0 Å². The van der Waals surface area contributed by atoms with E-state index in [4.69, 9.17) is 5.21 Å². The summed E-state index contributed by atoms with van der Waals surface area (Å²) in [6, 6.07) is -0.213. The minimum atomic E-state index is -0.708. The van der Waals surface area contributed by atoms with Crippen molar-refractivity contribution in [2.24, 2.45) is 0 Å². The van der Waals surface area contributed by atoms with E-state index >= 15 is 0 Å². The molecule has 2 N–H and O–H groups in total. The van der Waals surface area contributed by atoms with E-state index in [1.165, 1.54) is 0 Å². The average molecular weight is 115 g/mol. The van der Waals surface area contributed by atoms with Crippen LogP contribution in [0.5, 0.6) is 0 Å². The number of hydrogen-bond donors (Lipinski definition) is 2. The SMILES string of the molecule is CC1=C(C)C1[NH+]([O-])O. The molecule has 0 radical (unpaired) electrons. The van der Waals surface area contributed by atoms with Crippen LogP contribution >= 0.6 is 0 Å². The number of quaternary nitrogens is 1. The molecular formula is C5H9NO2. The molecule has 0 amide bonds. The Morgan fingerprint density at radius 1 is 1.50 bits per heavy atom. The lowest BCUT2D eigenvalue weighted by Crippen LogP contribution is -3.07. The van der Waals surface area contributed by atoms with E-state index in [0.717, 1.165) is 11.1 Å². The largest absolute Gasteiger partial charge is 0.599 e. The van der Waals surface area contributed by atoms with Crippen molar-refractivity contribution in [1.29, 1.82) is 0 Å². The van der Waals surface area contributed by atoms with Crippen molar-refractivity contribution >= 4 is 0 Å². The van der Waals surface area contributed by atoms with Crippen molar-refractivity contribution in [1.82, 2.24) is 0 Å². The fourth-order valence-electron chi connectivity index (χ4n) is 0.845. The highest BCUT2D eigenvalue weighted by atomic mass is 16.8. The van der Waals surface area contributed by atoms with Crippen LogP contribution in [-0.4, -0.2) is 11.2 Å². The Morgan fingerprint density at radius 2 is 1.88 bits per heavy atom. The molecule has 0 aromatic carbocycles. The van der Waals surface area contributed by atoms with Crippen molar-refractivity contribution in [2.75, 3.05) is 0 Å². The molecule has 0 aliphatic heterocycles. The van der Waals surface area contributed by atoms with Gasteiger partial charge < -0.3 is 5.21 Å². The molecule has 1 aliphatic carbocycles. The molecule has 1 unspecified atom stereocenters. The number of nitrogens with one attached hydrogen (secondary N) is 1. The third kappa shape index (κ3) is 0.647. The zero-order valence-corrected chi connectivity index (χ0v) is 4.93. The zero-order valence-electron chi connectivity index (χ0n) is 4.93. The predicted molar refractivity (Wildman–Crippen MR) is 28.3 cm³/mol. The monoisotopic (exact) mass is 115 g/mol. The minimum Gasteiger partial charge on any atom is -0.599 e. The fraction of sp³-hybridized carbons (Fsp3) is 0.600. The Bertz CT molecular complexity index is 127. The number of hydrogen-bond acceptors (Lipinski definition) is 2. The standard InChI is InChI=1S/C5H9NO2/c1-3-4(2)5(3)6(7)8/h5-7H,1-2H3. The Hall–Kier alpha value is -0.380. The van der Waals surface area contributed by atoms with Gasteiger partial charge in [-0.25, -0.2) is 10.4 Å². The second-order valence-corrected chi connectivity index (χ2v) is 2.14. The first-order valence-electron chi connectivity index (χ1n) is 2.54. The lowest BCUT2D eigenvalue weighted by molar-refractivity contribution is -1.05. The summed E-state index contributed by atoms with van der Waals surface area (Å²) in [5, 5.41) is 17.8. The van der Waals surface area contributed by atoms with Gasteiger partial charge in [0.25, 0.3) is 0 Å². The van der Waals surface area contributed by atoms with Crippen LogP contribution in [0.15, 0.2) is 11.1 Å². The van der Waals surface area contributed by atoms with Gasteiger partial charge in [-0.15, -0.1) is 0 Å². The second kappa shape index (κ2) is 1.55. The molecule has 0 heterocycles. The van der Waals surface area contributed by atoms with E-state index in [0.29, 0.717) is 0 Å². The van der Waals surface area contributed by atoms with E-state index in [1.54, 1.807) is 0 Å². The van der Waals surface area contributed by atoms with Crippen molar-refractivity contribution in [3.05, 3.63) is 16.4 Å². The third-order valence-corrected chi connectivity index (χ3v) is 1.65. The molecule has 0 fully saturated rings. The first kappa shape index (κ1) is 5.75. The first-order valence-corrected chi connectivity index (χ1v) is 2.54.